The summed E-state index contributed by atoms with van der Waals surface area (Å²) in [4.78, 5) is 25.4. The van der Waals surface area contributed by atoms with Crippen molar-refractivity contribution in [1.29, 1.82) is 0 Å². The van der Waals surface area contributed by atoms with E-state index in [1.807, 2.05) is 0 Å². The lowest BCUT2D eigenvalue weighted by molar-refractivity contribution is -0.129. The average Bonchev–Trinajstić information content (AvgIpc) is 2.53. The van der Waals surface area contributed by atoms with Crippen molar-refractivity contribution in [2.75, 3.05) is 24.6 Å². The lowest BCUT2D eigenvalue weighted by atomic mass is 9.93. The SMILES string of the molecule is CC(=O)N1CCC(c2cc(=O)c3cc(F)c(N)c(N)c3o2)CC1. The van der Waals surface area contributed by atoms with Crippen LogP contribution in [-0.2, 0) is 4.79 Å². The van der Waals surface area contributed by atoms with Crippen LogP contribution in [0.25, 0.3) is 11.0 Å². The van der Waals surface area contributed by atoms with E-state index in [2.05, 4.69) is 0 Å². The number of fused-ring (bicyclic) bond motifs is 1. The molecule has 0 saturated carbocycles. The van der Waals surface area contributed by atoms with Gasteiger partial charge in [-0.1, -0.05) is 0 Å². The van der Waals surface area contributed by atoms with Crippen LogP contribution in [-0.4, -0.2) is 23.9 Å². The van der Waals surface area contributed by atoms with Gasteiger partial charge in [-0.15, -0.1) is 0 Å². The monoisotopic (exact) mass is 319 g/mol. The highest BCUT2D eigenvalue weighted by Crippen LogP contribution is 2.33. The Morgan fingerprint density at radius 3 is 2.52 bits per heavy atom. The molecule has 23 heavy (non-hydrogen) atoms. The molecule has 1 aromatic carbocycles. The molecule has 4 N–H and O–H groups in total. The Labute approximate surface area is 131 Å². The molecule has 6 nitrogen and oxygen atoms in total. The number of likely N-dealkylation sites (tertiary alicyclic amines) is 1. The number of nitrogens with zero attached hydrogens (tertiary/aromatic N) is 1. The number of nitrogens with two attached hydrogens (primary N) is 2. The molecule has 3 rings (SSSR count). The van der Waals surface area contributed by atoms with Crippen molar-refractivity contribution in [3.63, 3.8) is 0 Å². The maximum Gasteiger partial charge on any atom is 0.219 e. The second-order valence-electron chi connectivity index (χ2n) is 5.86. The number of amides is 1. The molecule has 1 aromatic heterocycles. The summed E-state index contributed by atoms with van der Waals surface area (Å²) in [5, 5.41) is 0.0825. The zero-order chi connectivity index (χ0) is 16.7. The molecule has 1 aliphatic rings. The molecule has 1 saturated heterocycles. The summed E-state index contributed by atoms with van der Waals surface area (Å²) in [7, 11) is 0. The highest BCUT2D eigenvalue weighted by atomic mass is 19.1. The maximum atomic E-state index is 13.6. The molecule has 0 unspecified atom stereocenters. The van der Waals surface area contributed by atoms with E-state index in [-0.39, 0.29) is 39.6 Å². The van der Waals surface area contributed by atoms with Crippen molar-refractivity contribution < 1.29 is 13.6 Å². The number of hydrogen-bond donors (Lipinski definition) is 2. The molecule has 0 spiro atoms. The smallest absolute Gasteiger partial charge is 0.219 e. The largest absolute Gasteiger partial charge is 0.458 e. The van der Waals surface area contributed by atoms with Gasteiger partial charge in [-0.2, -0.15) is 0 Å². The second kappa shape index (κ2) is 5.57. The zero-order valence-electron chi connectivity index (χ0n) is 12.8. The Kier molecular flexibility index (Phi) is 3.71. The van der Waals surface area contributed by atoms with E-state index in [1.165, 1.54) is 13.0 Å². The van der Waals surface area contributed by atoms with Gasteiger partial charge in [-0.25, -0.2) is 4.39 Å². The van der Waals surface area contributed by atoms with Gasteiger partial charge < -0.3 is 20.8 Å². The van der Waals surface area contributed by atoms with Gasteiger partial charge in [-0.05, 0) is 18.9 Å². The highest BCUT2D eigenvalue weighted by molar-refractivity contribution is 5.94. The molecule has 0 bridgehead atoms. The summed E-state index contributed by atoms with van der Waals surface area (Å²) >= 11 is 0. The van der Waals surface area contributed by atoms with Crippen molar-refractivity contribution in [2.24, 2.45) is 0 Å². The molecule has 0 atom stereocenters. The van der Waals surface area contributed by atoms with Gasteiger partial charge in [0.25, 0.3) is 0 Å². The Morgan fingerprint density at radius 1 is 1.26 bits per heavy atom. The highest BCUT2D eigenvalue weighted by Gasteiger charge is 2.25. The van der Waals surface area contributed by atoms with E-state index in [9.17, 15) is 14.0 Å². The van der Waals surface area contributed by atoms with Crippen LogP contribution in [0.1, 0.15) is 31.4 Å². The van der Waals surface area contributed by atoms with Crippen molar-refractivity contribution in [3.05, 3.63) is 33.9 Å². The summed E-state index contributed by atoms with van der Waals surface area (Å²) in [6.45, 7) is 2.76. The summed E-state index contributed by atoms with van der Waals surface area (Å²) in [6.07, 6.45) is 1.40. The number of rotatable bonds is 1. The van der Waals surface area contributed by atoms with Crippen molar-refractivity contribution in [2.45, 2.75) is 25.7 Å². The molecule has 122 valence electrons. The first kappa shape index (κ1) is 15.3. The van der Waals surface area contributed by atoms with E-state index in [1.54, 1.807) is 4.90 Å². The minimum Gasteiger partial charge on any atom is -0.458 e. The third-order valence-corrected chi connectivity index (χ3v) is 4.41. The Hall–Kier alpha value is -2.57. The van der Waals surface area contributed by atoms with E-state index in [0.717, 1.165) is 6.07 Å². The van der Waals surface area contributed by atoms with E-state index in [4.69, 9.17) is 15.9 Å². The summed E-state index contributed by atoms with van der Waals surface area (Å²) < 4.78 is 19.4. The average molecular weight is 319 g/mol. The number of carbonyl (C=O) groups is 1. The molecule has 7 heteroatoms. The maximum absolute atomic E-state index is 13.6. The van der Waals surface area contributed by atoms with Gasteiger partial charge in [0.2, 0.25) is 5.91 Å². The van der Waals surface area contributed by atoms with E-state index in [0.29, 0.717) is 31.7 Å². The number of benzene rings is 1. The van der Waals surface area contributed by atoms with Gasteiger partial charge in [0.15, 0.2) is 11.0 Å². The third-order valence-electron chi connectivity index (χ3n) is 4.41. The number of anilines is 2. The van der Waals surface area contributed by atoms with Crippen molar-refractivity contribution in [1.82, 2.24) is 4.90 Å². The predicted octanol–water partition coefficient (Wildman–Crippen LogP) is 1.82. The number of nitrogen functional groups attached to an aromatic ring is 2. The molecule has 0 aliphatic carbocycles. The van der Waals surface area contributed by atoms with Crippen molar-refractivity contribution in [3.8, 4) is 0 Å². The van der Waals surface area contributed by atoms with Crippen LogP contribution in [0.15, 0.2) is 21.3 Å². The Balaban J connectivity index is 2.01. The van der Waals surface area contributed by atoms with Crippen LogP contribution >= 0.6 is 0 Å². The molecule has 1 aliphatic heterocycles. The van der Waals surface area contributed by atoms with Gasteiger partial charge in [-0.3, -0.25) is 9.59 Å². The molecular formula is C16H18FN3O3. The molecule has 0 radical (unpaired) electrons. The first-order valence-corrected chi connectivity index (χ1v) is 7.45. The standard InChI is InChI=1S/C16H18FN3O3/c1-8(21)20-4-2-9(3-5-20)13-7-12(22)10-6-11(17)14(18)15(19)16(10)23-13/h6-7,9H,2-5,18-19H2,1H3. The minimum atomic E-state index is -0.732. The van der Waals surface area contributed by atoms with Crippen LogP contribution in [0.4, 0.5) is 15.8 Å². The fourth-order valence-corrected chi connectivity index (χ4v) is 2.99. The van der Waals surface area contributed by atoms with Gasteiger partial charge in [0, 0.05) is 32.0 Å². The summed E-state index contributed by atoms with van der Waals surface area (Å²) in [5.41, 5.74) is 10.9. The fraction of sp³-hybridized carbons (Fsp3) is 0.375. The lowest BCUT2D eigenvalue weighted by Crippen LogP contribution is -2.36. The molecule has 1 fully saturated rings. The van der Waals surface area contributed by atoms with E-state index < -0.39 is 5.82 Å². The predicted molar refractivity (Wildman–Crippen MR) is 85.5 cm³/mol. The normalized spacial score (nSPS) is 16.0. The molecule has 2 heterocycles. The first-order valence-electron chi connectivity index (χ1n) is 7.45. The summed E-state index contributed by atoms with van der Waals surface area (Å²) in [5.74, 6) is -0.169. The summed E-state index contributed by atoms with van der Waals surface area (Å²) in [6, 6.07) is 2.43. The topological polar surface area (TPSA) is 103 Å². The fourth-order valence-electron chi connectivity index (χ4n) is 2.99. The number of halogens is 1. The number of carbonyl (C=O) groups excluding carboxylic acids is 1. The Bertz CT molecular complexity index is 839. The van der Waals surface area contributed by atoms with Crippen molar-refractivity contribution >= 4 is 28.3 Å². The van der Waals surface area contributed by atoms with Crippen LogP contribution in [0.5, 0.6) is 0 Å². The lowest BCUT2D eigenvalue weighted by Gasteiger charge is -2.30. The first-order chi connectivity index (χ1) is 10.9. The van der Waals surface area contributed by atoms with Crippen LogP contribution in [0.2, 0.25) is 0 Å². The van der Waals surface area contributed by atoms with Crippen LogP contribution in [0, 0.1) is 5.82 Å². The van der Waals surface area contributed by atoms with Crippen LogP contribution < -0.4 is 16.9 Å². The van der Waals surface area contributed by atoms with Crippen LogP contribution in [0.3, 0.4) is 0 Å². The molecular weight excluding hydrogens is 301 g/mol. The van der Waals surface area contributed by atoms with Gasteiger partial charge in [0.1, 0.15) is 17.3 Å². The quantitative estimate of drug-likeness (QED) is 0.781. The van der Waals surface area contributed by atoms with E-state index >= 15 is 0 Å². The van der Waals surface area contributed by atoms with Gasteiger partial charge in [0.05, 0.1) is 11.1 Å². The molecule has 2 aromatic rings. The number of piperidine rings is 1. The Morgan fingerprint density at radius 2 is 1.91 bits per heavy atom. The minimum absolute atomic E-state index is 0.0216. The molecule has 1 amide bonds. The second-order valence-corrected chi connectivity index (χ2v) is 5.86. The van der Waals surface area contributed by atoms with Gasteiger partial charge >= 0.3 is 0 Å². The third kappa shape index (κ3) is 2.62. The number of hydrogen-bond acceptors (Lipinski definition) is 5. The zero-order valence-corrected chi connectivity index (χ0v) is 12.8.